The third kappa shape index (κ3) is 3.20. The molecular formula is C16H18BClN2O3. The monoisotopic (exact) mass is 332 g/mol. The quantitative estimate of drug-likeness (QED) is 0.808. The Bertz CT molecular complexity index is 694. The van der Waals surface area contributed by atoms with Gasteiger partial charge in [-0.05, 0) is 45.9 Å². The predicted octanol–water partition coefficient (Wildman–Crippen LogP) is 3.22. The van der Waals surface area contributed by atoms with Gasteiger partial charge in [0.15, 0.2) is 0 Å². The summed E-state index contributed by atoms with van der Waals surface area (Å²) in [6, 6.07) is 7.33. The van der Waals surface area contributed by atoms with Crippen molar-refractivity contribution < 1.29 is 14.0 Å². The zero-order valence-electron chi connectivity index (χ0n) is 13.5. The van der Waals surface area contributed by atoms with E-state index in [2.05, 4.69) is 9.97 Å². The molecular weight excluding hydrogens is 314 g/mol. The van der Waals surface area contributed by atoms with Gasteiger partial charge in [-0.3, -0.25) is 0 Å². The maximum atomic E-state index is 6.38. The third-order valence-electron chi connectivity index (χ3n) is 4.23. The lowest BCUT2D eigenvalue weighted by molar-refractivity contribution is 0.00578. The van der Waals surface area contributed by atoms with Crippen LogP contribution in [-0.2, 0) is 9.31 Å². The van der Waals surface area contributed by atoms with Crippen LogP contribution in [0.5, 0.6) is 11.8 Å². The van der Waals surface area contributed by atoms with Crippen LogP contribution >= 0.6 is 11.6 Å². The molecule has 1 aromatic heterocycles. The maximum absolute atomic E-state index is 6.38. The van der Waals surface area contributed by atoms with Gasteiger partial charge >= 0.3 is 13.1 Å². The van der Waals surface area contributed by atoms with Crippen LogP contribution in [0, 0.1) is 0 Å². The molecule has 3 rings (SSSR count). The van der Waals surface area contributed by atoms with Gasteiger partial charge in [-0.25, -0.2) is 9.97 Å². The maximum Gasteiger partial charge on any atom is 0.496 e. The summed E-state index contributed by atoms with van der Waals surface area (Å²) in [6.07, 6.45) is 3.23. The molecule has 0 N–H and O–H groups in total. The summed E-state index contributed by atoms with van der Waals surface area (Å²) in [7, 11) is -0.505. The molecule has 0 amide bonds. The second-order valence-electron chi connectivity index (χ2n) is 6.40. The molecule has 5 nitrogen and oxygen atoms in total. The molecule has 23 heavy (non-hydrogen) atoms. The van der Waals surface area contributed by atoms with E-state index in [0.29, 0.717) is 10.8 Å². The van der Waals surface area contributed by atoms with Crippen molar-refractivity contribution in [1.82, 2.24) is 9.97 Å². The van der Waals surface area contributed by atoms with Gasteiger partial charge in [-0.1, -0.05) is 17.7 Å². The van der Waals surface area contributed by atoms with Gasteiger partial charge in [0.05, 0.1) is 11.2 Å². The fraction of sp³-hybridized carbons (Fsp3) is 0.375. The number of benzene rings is 1. The van der Waals surface area contributed by atoms with Crippen LogP contribution in [0.25, 0.3) is 0 Å². The number of rotatable bonds is 3. The Kier molecular flexibility index (Phi) is 4.08. The van der Waals surface area contributed by atoms with Crippen LogP contribution < -0.4 is 10.2 Å². The Labute approximate surface area is 141 Å². The van der Waals surface area contributed by atoms with Crippen molar-refractivity contribution >= 4 is 24.2 Å². The summed E-state index contributed by atoms with van der Waals surface area (Å²) in [6.45, 7) is 8.02. The Morgan fingerprint density at radius 3 is 2.22 bits per heavy atom. The molecule has 7 heteroatoms. The molecule has 0 spiro atoms. The lowest BCUT2D eigenvalue weighted by Crippen LogP contribution is -2.41. The van der Waals surface area contributed by atoms with Gasteiger partial charge < -0.3 is 14.0 Å². The Hall–Kier alpha value is -1.63. The fourth-order valence-corrected chi connectivity index (χ4v) is 2.44. The summed E-state index contributed by atoms with van der Waals surface area (Å²) >= 11 is 6.38. The molecule has 0 radical (unpaired) electrons. The number of ether oxygens (including phenoxy) is 1. The van der Waals surface area contributed by atoms with Gasteiger partial charge in [-0.2, -0.15) is 0 Å². The van der Waals surface area contributed by atoms with E-state index in [4.69, 9.17) is 25.6 Å². The SMILES string of the molecule is CC1(C)OB(c2ccc(Oc3ncccn3)cc2Cl)OC1(C)C. The van der Waals surface area contributed by atoms with Crippen LogP contribution in [0.4, 0.5) is 0 Å². The van der Waals surface area contributed by atoms with E-state index in [1.165, 1.54) is 0 Å². The molecule has 0 atom stereocenters. The number of hydrogen-bond acceptors (Lipinski definition) is 5. The second-order valence-corrected chi connectivity index (χ2v) is 6.81. The highest BCUT2D eigenvalue weighted by atomic mass is 35.5. The Balaban J connectivity index is 1.81. The first-order valence-corrected chi connectivity index (χ1v) is 7.76. The van der Waals surface area contributed by atoms with Crippen molar-refractivity contribution in [3.8, 4) is 11.8 Å². The van der Waals surface area contributed by atoms with Crippen molar-refractivity contribution in [3.63, 3.8) is 0 Å². The van der Waals surface area contributed by atoms with Gasteiger partial charge in [0.1, 0.15) is 5.75 Å². The number of halogens is 1. The fourth-order valence-electron chi connectivity index (χ4n) is 2.18. The first-order valence-electron chi connectivity index (χ1n) is 7.38. The molecule has 2 heterocycles. The van der Waals surface area contributed by atoms with E-state index in [-0.39, 0.29) is 6.01 Å². The Morgan fingerprint density at radius 1 is 1.04 bits per heavy atom. The molecule has 1 fully saturated rings. The van der Waals surface area contributed by atoms with Gasteiger partial charge in [-0.15, -0.1) is 0 Å². The van der Waals surface area contributed by atoms with Crippen LogP contribution in [0.1, 0.15) is 27.7 Å². The number of aromatic nitrogens is 2. The molecule has 1 aromatic carbocycles. The highest BCUT2D eigenvalue weighted by molar-refractivity contribution is 6.65. The molecule has 0 unspecified atom stereocenters. The van der Waals surface area contributed by atoms with Crippen LogP contribution in [0.3, 0.4) is 0 Å². The minimum atomic E-state index is -0.505. The van der Waals surface area contributed by atoms with E-state index < -0.39 is 18.3 Å². The summed E-state index contributed by atoms with van der Waals surface area (Å²) in [5.41, 5.74) is -0.0473. The van der Waals surface area contributed by atoms with Gasteiger partial charge in [0.25, 0.3) is 0 Å². The lowest BCUT2D eigenvalue weighted by Gasteiger charge is -2.32. The summed E-state index contributed by atoms with van der Waals surface area (Å²) in [5.74, 6) is 0.557. The van der Waals surface area contributed by atoms with Crippen molar-refractivity contribution in [2.45, 2.75) is 38.9 Å². The first-order chi connectivity index (χ1) is 10.8. The first kappa shape index (κ1) is 16.2. The van der Waals surface area contributed by atoms with E-state index in [1.54, 1.807) is 30.6 Å². The van der Waals surface area contributed by atoms with Crippen LogP contribution in [0.2, 0.25) is 5.02 Å². The number of nitrogens with zero attached hydrogens (tertiary/aromatic N) is 2. The minimum absolute atomic E-state index is 0.270. The normalized spacial score (nSPS) is 18.9. The molecule has 1 saturated heterocycles. The van der Waals surface area contributed by atoms with E-state index in [9.17, 15) is 0 Å². The summed E-state index contributed by atoms with van der Waals surface area (Å²) < 4.78 is 17.6. The predicted molar refractivity (Wildman–Crippen MR) is 89.3 cm³/mol. The molecule has 2 aromatic rings. The van der Waals surface area contributed by atoms with Crippen molar-refractivity contribution in [1.29, 1.82) is 0 Å². The highest BCUT2D eigenvalue weighted by Crippen LogP contribution is 2.37. The minimum Gasteiger partial charge on any atom is -0.424 e. The molecule has 1 aliphatic heterocycles. The average Bonchev–Trinajstić information content (AvgIpc) is 2.68. The van der Waals surface area contributed by atoms with Crippen LogP contribution in [-0.4, -0.2) is 28.3 Å². The molecule has 1 aliphatic rings. The zero-order valence-corrected chi connectivity index (χ0v) is 14.3. The number of hydrogen-bond donors (Lipinski definition) is 0. The van der Waals surface area contributed by atoms with Gasteiger partial charge in [0, 0.05) is 22.9 Å². The highest BCUT2D eigenvalue weighted by Gasteiger charge is 2.52. The molecule has 120 valence electrons. The topological polar surface area (TPSA) is 53.5 Å². The van der Waals surface area contributed by atoms with Crippen molar-refractivity contribution in [2.75, 3.05) is 0 Å². The van der Waals surface area contributed by atoms with E-state index >= 15 is 0 Å². The third-order valence-corrected chi connectivity index (χ3v) is 4.56. The standard InChI is InChI=1S/C16H18BClN2O3/c1-15(2)16(3,4)23-17(22-15)12-7-6-11(10-13(12)18)21-14-19-8-5-9-20-14/h5-10H,1-4H3. The Morgan fingerprint density at radius 2 is 1.65 bits per heavy atom. The molecule has 0 saturated carbocycles. The van der Waals surface area contributed by atoms with E-state index in [0.717, 1.165) is 5.46 Å². The largest absolute Gasteiger partial charge is 0.496 e. The van der Waals surface area contributed by atoms with Crippen molar-refractivity contribution in [2.24, 2.45) is 0 Å². The lowest BCUT2D eigenvalue weighted by atomic mass is 9.79. The molecule has 0 bridgehead atoms. The smallest absolute Gasteiger partial charge is 0.424 e. The summed E-state index contributed by atoms with van der Waals surface area (Å²) in [5, 5.41) is 0.511. The van der Waals surface area contributed by atoms with Crippen molar-refractivity contribution in [3.05, 3.63) is 41.7 Å². The van der Waals surface area contributed by atoms with Crippen LogP contribution in [0.15, 0.2) is 36.7 Å². The van der Waals surface area contributed by atoms with Gasteiger partial charge in [0.2, 0.25) is 0 Å². The summed E-state index contributed by atoms with van der Waals surface area (Å²) in [4.78, 5) is 8.03. The zero-order chi connectivity index (χ0) is 16.7. The van der Waals surface area contributed by atoms with E-state index in [1.807, 2.05) is 33.8 Å². The molecule has 0 aliphatic carbocycles. The second kappa shape index (κ2) is 5.78. The average molecular weight is 333 g/mol.